The van der Waals surface area contributed by atoms with Crippen LogP contribution in [0.1, 0.15) is 9.88 Å². The van der Waals surface area contributed by atoms with Crippen molar-refractivity contribution in [1.82, 2.24) is 9.97 Å². The molecule has 0 saturated carbocycles. The monoisotopic (exact) mass is 335 g/mol. The summed E-state index contributed by atoms with van der Waals surface area (Å²) in [6.45, 7) is 0.215. The van der Waals surface area contributed by atoms with Crippen LogP contribution in [0.15, 0.2) is 54.9 Å². The van der Waals surface area contributed by atoms with Crippen LogP contribution in [0.3, 0.4) is 0 Å². The molecule has 118 valence electrons. The average molecular weight is 335 g/mol. The van der Waals surface area contributed by atoms with E-state index in [0.29, 0.717) is 16.3 Å². The molecular formula is C16H12F3N3S. The van der Waals surface area contributed by atoms with Crippen molar-refractivity contribution >= 4 is 17.0 Å². The van der Waals surface area contributed by atoms with Crippen LogP contribution < -0.4 is 5.32 Å². The number of benzene rings is 1. The van der Waals surface area contributed by atoms with E-state index in [1.807, 2.05) is 36.4 Å². The molecule has 3 aromatic rings. The molecule has 3 rings (SSSR count). The molecule has 0 fully saturated rings. The van der Waals surface area contributed by atoms with Gasteiger partial charge in [0, 0.05) is 11.8 Å². The Hall–Kier alpha value is -2.41. The van der Waals surface area contributed by atoms with Crippen molar-refractivity contribution in [3.05, 3.63) is 64.7 Å². The van der Waals surface area contributed by atoms with Gasteiger partial charge in [0.05, 0.1) is 24.1 Å². The van der Waals surface area contributed by atoms with Crippen LogP contribution in [-0.2, 0) is 12.7 Å². The summed E-state index contributed by atoms with van der Waals surface area (Å²) < 4.78 is 37.8. The summed E-state index contributed by atoms with van der Waals surface area (Å²) in [5.74, 6) is 0. The van der Waals surface area contributed by atoms with E-state index in [0.717, 1.165) is 23.1 Å². The summed E-state index contributed by atoms with van der Waals surface area (Å²) in [5.41, 5.74) is 2.44. The van der Waals surface area contributed by atoms with Crippen molar-refractivity contribution in [2.24, 2.45) is 0 Å². The minimum absolute atomic E-state index is 0.215. The molecule has 7 heteroatoms. The maximum absolute atomic E-state index is 12.6. The Balaban J connectivity index is 1.78. The van der Waals surface area contributed by atoms with E-state index in [9.17, 15) is 13.2 Å². The number of alkyl halides is 3. The summed E-state index contributed by atoms with van der Waals surface area (Å²) in [6.07, 6.45) is -1.80. The summed E-state index contributed by atoms with van der Waals surface area (Å²) in [7, 11) is 0. The quantitative estimate of drug-likeness (QED) is 0.742. The molecule has 0 aliphatic carbocycles. The van der Waals surface area contributed by atoms with Crippen LogP contribution >= 0.6 is 11.3 Å². The number of aromatic nitrogens is 2. The Labute approximate surface area is 134 Å². The number of halogens is 3. The zero-order valence-electron chi connectivity index (χ0n) is 11.8. The van der Waals surface area contributed by atoms with E-state index >= 15 is 0 Å². The standard InChI is InChI=1S/C16H12F3N3S/c17-16(18,19)13-9-22-14(23-13)10-21-12-7-4-8-20-15(12)11-5-2-1-3-6-11/h1-9,21H,10H2. The predicted octanol–water partition coefficient (Wildman–Crippen LogP) is 4.84. The number of hydrogen-bond donors (Lipinski definition) is 1. The van der Waals surface area contributed by atoms with Gasteiger partial charge in [0.25, 0.3) is 0 Å². The molecule has 0 amide bonds. The average Bonchev–Trinajstić information content (AvgIpc) is 3.03. The van der Waals surface area contributed by atoms with Crippen LogP contribution in [0.25, 0.3) is 11.3 Å². The van der Waals surface area contributed by atoms with Gasteiger partial charge >= 0.3 is 6.18 Å². The Kier molecular flexibility index (Phi) is 4.29. The molecule has 3 nitrogen and oxygen atoms in total. The largest absolute Gasteiger partial charge is 0.427 e. The number of nitrogens with one attached hydrogen (secondary N) is 1. The van der Waals surface area contributed by atoms with Crippen LogP contribution in [0, 0.1) is 0 Å². The first kappa shape index (κ1) is 15.5. The number of hydrogen-bond acceptors (Lipinski definition) is 4. The lowest BCUT2D eigenvalue weighted by atomic mass is 10.1. The molecule has 2 heterocycles. The molecule has 23 heavy (non-hydrogen) atoms. The van der Waals surface area contributed by atoms with E-state index < -0.39 is 11.1 Å². The third-order valence-corrected chi connectivity index (χ3v) is 4.16. The Morgan fingerprint density at radius 2 is 1.78 bits per heavy atom. The zero-order valence-corrected chi connectivity index (χ0v) is 12.7. The Morgan fingerprint density at radius 1 is 1.00 bits per heavy atom. The maximum atomic E-state index is 12.6. The first-order valence-corrected chi connectivity index (χ1v) is 7.62. The summed E-state index contributed by atoms with van der Waals surface area (Å²) in [4.78, 5) is 7.47. The Morgan fingerprint density at radius 3 is 2.48 bits per heavy atom. The third kappa shape index (κ3) is 3.68. The van der Waals surface area contributed by atoms with E-state index in [4.69, 9.17) is 0 Å². The predicted molar refractivity (Wildman–Crippen MR) is 84.1 cm³/mol. The lowest BCUT2D eigenvalue weighted by Crippen LogP contribution is -2.02. The number of anilines is 1. The van der Waals surface area contributed by atoms with Gasteiger partial charge < -0.3 is 5.32 Å². The third-order valence-electron chi connectivity index (χ3n) is 3.12. The van der Waals surface area contributed by atoms with E-state index in [1.165, 1.54) is 0 Å². The van der Waals surface area contributed by atoms with E-state index in [-0.39, 0.29) is 6.54 Å². The number of rotatable bonds is 4. The van der Waals surface area contributed by atoms with Crippen molar-refractivity contribution < 1.29 is 13.2 Å². The second kappa shape index (κ2) is 6.37. The normalized spacial score (nSPS) is 11.4. The highest BCUT2D eigenvalue weighted by Crippen LogP contribution is 2.33. The van der Waals surface area contributed by atoms with Crippen molar-refractivity contribution in [2.75, 3.05) is 5.32 Å². The van der Waals surface area contributed by atoms with Gasteiger partial charge in [-0.2, -0.15) is 13.2 Å². The van der Waals surface area contributed by atoms with Crippen LogP contribution in [0.5, 0.6) is 0 Å². The number of pyridine rings is 1. The number of thiazole rings is 1. The molecular weight excluding hydrogens is 323 g/mol. The topological polar surface area (TPSA) is 37.8 Å². The van der Waals surface area contributed by atoms with Gasteiger partial charge in [-0.25, -0.2) is 4.98 Å². The maximum Gasteiger partial charge on any atom is 0.427 e. The summed E-state index contributed by atoms with van der Waals surface area (Å²) in [6, 6.07) is 13.2. The summed E-state index contributed by atoms with van der Waals surface area (Å²) in [5, 5.41) is 3.49. The molecule has 0 spiro atoms. The van der Waals surface area contributed by atoms with Gasteiger partial charge in [-0.1, -0.05) is 30.3 Å². The molecule has 1 aromatic carbocycles. The minimum Gasteiger partial charge on any atom is -0.377 e. The fraction of sp³-hybridized carbons (Fsp3) is 0.125. The van der Waals surface area contributed by atoms with Crippen molar-refractivity contribution in [1.29, 1.82) is 0 Å². The minimum atomic E-state index is -4.35. The van der Waals surface area contributed by atoms with Crippen molar-refractivity contribution in [2.45, 2.75) is 12.7 Å². The highest BCUT2D eigenvalue weighted by atomic mass is 32.1. The van der Waals surface area contributed by atoms with Gasteiger partial charge in [0.1, 0.15) is 9.88 Å². The SMILES string of the molecule is FC(F)(F)c1cnc(CNc2cccnc2-c2ccccc2)s1. The lowest BCUT2D eigenvalue weighted by molar-refractivity contribution is -0.134. The van der Waals surface area contributed by atoms with Crippen LogP contribution in [0.4, 0.5) is 18.9 Å². The van der Waals surface area contributed by atoms with E-state index in [1.54, 1.807) is 12.3 Å². The van der Waals surface area contributed by atoms with Crippen LogP contribution in [0.2, 0.25) is 0 Å². The lowest BCUT2D eigenvalue weighted by Gasteiger charge is -2.10. The first-order chi connectivity index (χ1) is 11.0. The Bertz CT molecular complexity index is 785. The molecule has 1 N–H and O–H groups in total. The second-order valence-corrected chi connectivity index (χ2v) is 5.85. The first-order valence-electron chi connectivity index (χ1n) is 6.80. The second-order valence-electron chi connectivity index (χ2n) is 4.74. The van der Waals surface area contributed by atoms with E-state index in [2.05, 4.69) is 15.3 Å². The van der Waals surface area contributed by atoms with Gasteiger partial charge in [-0.05, 0) is 12.1 Å². The fourth-order valence-electron chi connectivity index (χ4n) is 2.07. The van der Waals surface area contributed by atoms with Gasteiger partial charge in [0.15, 0.2) is 0 Å². The highest BCUT2D eigenvalue weighted by molar-refractivity contribution is 7.11. The molecule has 0 aliphatic heterocycles. The van der Waals surface area contributed by atoms with Crippen LogP contribution in [-0.4, -0.2) is 9.97 Å². The molecule has 0 radical (unpaired) electrons. The zero-order chi connectivity index (χ0) is 16.3. The molecule has 0 unspecified atom stereocenters. The molecule has 2 aromatic heterocycles. The van der Waals surface area contributed by atoms with Crippen molar-refractivity contribution in [3.8, 4) is 11.3 Å². The summed E-state index contributed by atoms with van der Waals surface area (Å²) >= 11 is 0.642. The molecule has 0 saturated heterocycles. The highest BCUT2D eigenvalue weighted by Gasteiger charge is 2.33. The van der Waals surface area contributed by atoms with Gasteiger partial charge in [-0.15, -0.1) is 11.3 Å². The molecule has 0 aliphatic rings. The number of nitrogens with zero attached hydrogens (tertiary/aromatic N) is 2. The molecule has 0 bridgehead atoms. The fourth-order valence-corrected chi connectivity index (χ4v) is 2.79. The molecule has 0 atom stereocenters. The van der Waals surface area contributed by atoms with Crippen molar-refractivity contribution in [3.63, 3.8) is 0 Å². The van der Waals surface area contributed by atoms with Gasteiger partial charge in [0.2, 0.25) is 0 Å². The van der Waals surface area contributed by atoms with Gasteiger partial charge in [-0.3, -0.25) is 4.98 Å². The smallest absolute Gasteiger partial charge is 0.377 e.